The van der Waals surface area contributed by atoms with Crippen LogP contribution in [-0.2, 0) is 23.8 Å². The molecular weight excluding hydrogens is 406 g/mol. The Kier molecular flexibility index (Phi) is 9.53. The summed E-state index contributed by atoms with van der Waals surface area (Å²) in [4.78, 5) is 37.2. The normalized spacial score (nSPS) is 12.4. The van der Waals surface area contributed by atoms with Gasteiger partial charge in [-0.15, -0.1) is 11.3 Å². The zero-order valence-corrected chi connectivity index (χ0v) is 19.5. The highest BCUT2D eigenvalue weighted by molar-refractivity contribution is 7.14. The van der Waals surface area contributed by atoms with Crippen molar-refractivity contribution in [1.82, 2.24) is 5.32 Å². The molecule has 0 bridgehead atoms. The van der Waals surface area contributed by atoms with Crippen molar-refractivity contribution in [2.24, 2.45) is 0 Å². The van der Waals surface area contributed by atoms with E-state index in [1.54, 1.807) is 53.7 Å². The van der Waals surface area contributed by atoms with E-state index in [0.29, 0.717) is 9.75 Å². The molecule has 0 saturated heterocycles. The van der Waals surface area contributed by atoms with Crippen LogP contribution in [0.15, 0.2) is 12.1 Å². The smallest absolute Gasteiger partial charge is 0.348 e. The first-order valence-corrected chi connectivity index (χ1v) is 10.5. The predicted octanol–water partition coefficient (Wildman–Crippen LogP) is 3.31. The lowest BCUT2D eigenvalue weighted by molar-refractivity contribution is -0.158. The molecule has 30 heavy (non-hydrogen) atoms. The van der Waals surface area contributed by atoms with Gasteiger partial charge in [-0.25, -0.2) is 4.79 Å². The molecule has 1 aromatic heterocycles. The highest BCUT2D eigenvalue weighted by Crippen LogP contribution is 2.16. The van der Waals surface area contributed by atoms with Crippen molar-refractivity contribution in [1.29, 1.82) is 0 Å². The molecule has 0 aromatic carbocycles. The number of hydrogen-bond acceptors (Lipinski definition) is 8. The van der Waals surface area contributed by atoms with E-state index in [2.05, 4.69) is 21.9 Å². The SMILES string of the molecule is COC(=O)c1ccc(C#CCNC(CCC(=O)OC(C)(C)C)C(=O)OC(C)(C)C)s1. The number of carbonyl (C=O) groups excluding carboxylic acids is 3. The third kappa shape index (κ3) is 10.4. The van der Waals surface area contributed by atoms with Crippen LogP contribution in [0, 0.1) is 11.8 Å². The molecule has 0 spiro atoms. The van der Waals surface area contributed by atoms with Crippen LogP contribution in [0.1, 0.15) is 68.9 Å². The minimum absolute atomic E-state index is 0.0784. The van der Waals surface area contributed by atoms with Gasteiger partial charge in [0.2, 0.25) is 0 Å². The number of nitrogens with one attached hydrogen (secondary N) is 1. The molecule has 0 radical (unpaired) electrons. The van der Waals surface area contributed by atoms with Crippen molar-refractivity contribution >= 4 is 29.2 Å². The van der Waals surface area contributed by atoms with E-state index < -0.39 is 29.2 Å². The summed E-state index contributed by atoms with van der Waals surface area (Å²) < 4.78 is 15.4. The van der Waals surface area contributed by atoms with E-state index in [-0.39, 0.29) is 25.4 Å². The molecule has 1 atom stereocenters. The van der Waals surface area contributed by atoms with Crippen molar-refractivity contribution in [3.8, 4) is 11.8 Å². The summed E-state index contributed by atoms with van der Waals surface area (Å²) in [5.41, 5.74) is -1.23. The second-order valence-electron chi connectivity index (χ2n) is 8.55. The maximum Gasteiger partial charge on any atom is 0.348 e. The van der Waals surface area contributed by atoms with Gasteiger partial charge in [0.15, 0.2) is 0 Å². The van der Waals surface area contributed by atoms with Crippen molar-refractivity contribution in [2.75, 3.05) is 13.7 Å². The molecular formula is C22H31NO6S. The third-order valence-corrected chi connectivity index (χ3v) is 4.37. The Morgan fingerprint density at radius 2 is 1.70 bits per heavy atom. The monoisotopic (exact) mass is 437 g/mol. The molecule has 1 N–H and O–H groups in total. The van der Waals surface area contributed by atoms with E-state index in [1.165, 1.54) is 18.4 Å². The Balaban J connectivity index is 2.71. The zero-order chi connectivity index (χ0) is 22.9. The van der Waals surface area contributed by atoms with Gasteiger partial charge in [0.25, 0.3) is 0 Å². The first-order valence-electron chi connectivity index (χ1n) is 9.66. The lowest BCUT2D eigenvalue weighted by Gasteiger charge is -2.24. The quantitative estimate of drug-likeness (QED) is 0.397. The first-order chi connectivity index (χ1) is 13.8. The minimum atomic E-state index is -0.694. The van der Waals surface area contributed by atoms with Gasteiger partial charge in [0.05, 0.1) is 18.5 Å². The number of thiophene rings is 1. The number of rotatable bonds is 7. The van der Waals surface area contributed by atoms with Crippen LogP contribution in [0.4, 0.5) is 0 Å². The van der Waals surface area contributed by atoms with Gasteiger partial charge in [-0.3, -0.25) is 14.9 Å². The minimum Gasteiger partial charge on any atom is -0.465 e. The molecule has 1 heterocycles. The van der Waals surface area contributed by atoms with Gasteiger partial charge in [0.1, 0.15) is 22.1 Å². The van der Waals surface area contributed by atoms with Crippen LogP contribution in [0.2, 0.25) is 0 Å². The van der Waals surface area contributed by atoms with E-state index in [4.69, 9.17) is 9.47 Å². The van der Waals surface area contributed by atoms with Gasteiger partial charge in [-0.05, 0) is 60.1 Å². The second kappa shape index (κ2) is 11.1. The Hall–Kier alpha value is -2.37. The maximum absolute atomic E-state index is 12.5. The molecule has 0 aliphatic rings. The van der Waals surface area contributed by atoms with E-state index in [9.17, 15) is 14.4 Å². The lowest BCUT2D eigenvalue weighted by atomic mass is 10.1. The Bertz CT molecular complexity index is 804. The standard InChI is InChI=1S/C22H31NO6S/c1-21(2,3)28-18(24)13-11-16(19(25)29-22(4,5)6)23-14-8-9-15-10-12-17(30-15)20(26)27-7/h10,12,16,23H,11,13-14H2,1-7H3. The van der Waals surface area contributed by atoms with Crippen LogP contribution in [0.25, 0.3) is 0 Å². The van der Waals surface area contributed by atoms with Gasteiger partial charge < -0.3 is 14.2 Å². The van der Waals surface area contributed by atoms with Crippen LogP contribution < -0.4 is 5.32 Å². The molecule has 166 valence electrons. The van der Waals surface area contributed by atoms with E-state index in [1.807, 2.05) is 0 Å². The summed E-state index contributed by atoms with van der Waals surface area (Å²) in [5, 5.41) is 3.03. The number of methoxy groups -OCH3 is 1. The Labute approximate surface area is 182 Å². The van der Waals surface area contributed by atoms with Crippen molar-refractivity contribution in [2.45, 2.75) is 71.6 Å². The molecule has 8 heteroatoms. The van der Waals surface area contributed by atoms with Gasteiger partial charge in [-0.1, -0.05) is 11.8 Å². The molecule has 1 rings (SSSR count). The third-order valence-electron chi connectivity index (χ3n) is 3.39. The maximum atomic E-state index is 12.5. The van der Waals surface area contributed by atoms with Gasteiger partial charge in [0, 0.05) is 6.42 Å². The summed E-state index contributed by atoms with van der Waals surface area (Å²) in [6.45, 7) is 10.9. The van der Waals surface area contributed by atoms with E-state index >= 15 is 0 Å². The van der Waals surface area contributed by atoms with Crippen molar-refractivity contribution in [3.63, 3.8) is 0 Å². The number of hydrogen-bond donors (Lipinski definition) is 1. The molecule has 1 aromatic rings. The van der Waals surface area contributed by atoms with Crippen LogP contribution in [-0.4, -0.2) is 48.8 Å². The number of carbonyl (C=O) groups is 3. The highest BCUT2D eigenvalue weighted by Gasteiger charge is 2.26. The van der Waals surface area contributed by atoms with Crippen LogP contribution in [0.3, 0.4) is 0 Å². The van der Waals surface area contributed by atoms with Crippen LogP contribution in [0.5, 0.6) is 0 Å². The molecule has 0 saturated carbocycles. The molecule has 0 aliphatic heterocycles. The Morgan fingerprint density at radius 1 is 1.07 bits per heavy atom. The zero-order valence-electron chi connectivity index (χ0n) is 18.7. The first kappa shape index (κ1) is 25.7. The summed E-state index contributed by atoms with van der Waals surface area (Å²) in [6, 6.07) is 2.69. The topological polar surface area (TPSA) is 90.9 Å². The number of ether oxygens (including phenoxy) is 3. The van der Waals surface area contributed by atoms with E-state index in [0.717, 1.165) is 0 Å². The summed E-state index contributed by atoms with van der Waals surface area (Å²) >= 11 is 1.23. The molecule has 0 aliphatic carbocycles. The second-order valence-corrected chi connectivity index (χ2v) is 9.63. The fraction of sp³-hybridized carbons (Fsp3) is 0.591. The fourth-order valence-electron chi connectivity index (χ4n) is 2.25. The lowest BCUT2D eigenvalue weighted by Crippen LogP contribution is -2.42. The molecule has 7 nitrogen and oxygen atoms in total. The number of esters is 3. The summed E-state index contributed by atoms with van der Waals surface area (Å²) in [7, 11) is 1.32. The van der Waals surface area contributed by atoms with Crippen molar-refractivity contribution < 1.29 is 28.6 Å². The average Bonchev–Trinajstić information content (AvgIpc) is 3.06. The van der Waals surface area contributed by atoms with Gasteiger partial charge in [-0.2, -0.15) is 0 Å². The molecule has 1 unspecified atom stereocenters. The van der Waals surface area contributed by atoms with Crippen LogP contribution >= 0.6 is 11.3 Å². The van der Waals surface area contributed by atoms with Crippen molar-refractivity contribution in [3.05, 3.63) is 21.9 Å². The highest BCUT2D eigenvalue weighted by atomic mass is 32.1. The predicted molar refractivity (Wildman–Crippen MR) is 115 cm³/mol. The fourth-order valence-corrected chi connectivity index (χ4v) is 3.05. The average molecular weight is 438 g/mol. The summed E-state index contributed by atoms with van der Waals surface area (Å²) in [6.07, 6.45) is 0.312. The van der Waals surface area contributed by atoms with Gasteiger partial charge >= 0.3 is 17.9 Å². The molecule has 0 fully saturated rings. The Morgan fingerprint density at radius 3 is 2.27 bits per heavy atom. The largest absolute Gasteiger partial charge is 0.465 e. The summed E-state index contributed by atoms with van der Waals surface area (Å²) in [5.74, 6) is 4.63. The molecule has 0 amide bonds.